The summed E-state index contributed by atoms with van der Waals surface area (Å²) in [4.78, 5) is 10.6. The lowest BCUT2D eigenvalue weighted by Crippen LogP contribution is -2.36. The molecule has 0 aromatic carbocycles. The number of aliphatic hydroxyl groups is 1. The Hall–Kier alpha value is -1.16. The van der Waals surface area contributed by atoms with Gasteiger partial charge in [0.25, 0.3) is 0 Å². The summed E-state index contributed by atoms with van der Waals surface area (Å²) in [7, 11) is 0. The van der Waals surface area contributed by atoms with Gasteiger partial charge in [0, 0.05) is 25.0 Å². The highest BCUT2D eigenvalue weighted by Gasteiger charge is 2.23. The van der Waals surface area contributed by atoms with E-state index in [2.05, 4.69) is 14.9 Å². The Kier molecular flexibility index (Phi) is 3.50. The summed E-state index contributed by atoms with van der Waals surface area (Å²) in [6.45, 7) is 0.795. The van der Waals surface area contributed by atoms with Crippen molar-refractivity contribution in [2.24, 2.45) is 0 Å². The molecule has 0 amide bonds. The van der Waals surface area contributed by atoms with E-state index < -0.39 is 0 Å². The number of anilines is 1. The topological polar surface area (TPSA) is 49.2 Å². The van der Waals surface area contributed by atoms with Gasteiger partial charge in [-0.2, -0.15) is 0 Å². The number of hydrogen-bond acceptors (Lipinski definition) is 4. The highest BCUT2D eigenvalue weighted by molar-refractivity contribution is 5.30. The van der Waals surface area contributed by atoms with Crippen molar-refractivity contribution in [3.05, 3.63) is 18.5 Å². The Morgan fingerprint density at radius 3 is 2.53 bits per heavy atom. The zero-order valence-electron chi connectivity index (χ0n) is 8.84. The van der Waals surface area contributed by atoms with Crippen LogP contribution in [0.1, 0.15) is 25.7 Å². The molecule has 1 fully saturated rings. The highest BCUT2D eigenvalue weighted by atomic mass is 16.3. The summed E-state index contributed by atoms with van der Waals surface area (Å²) in [5.74, 6) is 0.749. The molecule has 1 saturated carbocycles. The summed E-state index contributed by atoms with van der Waals surface area (Å²) in [6.07, 6.45) is 8.44. The van der Waals surface area contributed by atoms with E-state index in [9.17, 15) is 0 Å². The van der Waals surface area contributed by atoms with Crippen LogP contribution in [-0.2, 0) is 0 Å². The molecule has 0 saturated heterocycles. The largest absolute Gasteiger partial charge is 0.395 e. The molecule has 0 aliphatic heterocycles. The monoisotopic (exact) mass is 207 g/mol. The fourth-order valence-corrected chi connectivity index (χ4v) is 2.21. The average molecular weight is 207 g/mol. The zero-order valence-corrected chi connectivity index (χ0v) is 8.84. The molecule has 1 aromatic heterocycles. The number of rotatable bonds is 4. The molecular weight excluding hydrogens is 190 g/mol. The fourth-order valence-electron chi connectivity index (χ4n) is 2.21. The SMILES string of the molecule is OCCN(c1ncccn1)C1CCCC1. The summed E-state index contributed by atoms with van der Waals surface area (Å²) >= 11 is 0. The van der Waals surface area contributed by atoms with Crippen molar-refractivity contribution in [2.45, 2.75) is 31.7 Å². The van der Waals surface area contributed by atoms with Gasteiger partial charge in [-0.05, 0) is 18.9 Å². The van der Waals surface area contributed by atoms with Crippen molar-refractivity contribution in [3.63, 3.8) is 0 Å². The minimum absolute atomic E-state index is 0.161. The van der Waals surface area contributed by atoms with Gasteiger partial charge in [-0.25, -0.2) is 9.97 Å². The Morgan fingerprint density at radius 1 is 1.27 bits per heavy atom. The fraction of sp³-hybridized carbons (Fsp3) is 0.636. The van der Waals surface area contributed by atoms with Crippen molar-refractivity contribution >= 4 is 5.95 Å². The third-order valence-corrected chi connectivity index (χ3v) is 2.92. The van der Waals surface area contributed by atoms with E-state index in [1.165, 1.54) is 25.7 Å². The Balaban J connectivity index is 2.11. The van der Waals surface area contributed by atoms with Crippen molar-refractivity contribution in [3.8, 4) is 0 Å². The van der Waals surface area contributed by atoms with Crippen LogP contribution in [0, 0.1) is 0 Å². The standard InChI is InChI=1S/C11H17N3O/c15-9-8-14(10-4-1-2-5-10)11-12-6-3-7-13-11/h3,6-7,10,15H,1-2,4-5,8-9H2. The summed E-state index contributed by atoms with van der Waals surface area (Å²) < 4.78 is 0. The van der Waals surface area contributed by atoms with Crippen LogP contribution >= 0.6 is 0 Å². The third kappa shape index (κ3) is 2.45. The molecule has 4 heteroatoms. The molecule has 15 heavy (non-hydrogen) atoms. The molecule has 4 nitrogen and oxygen atoms in total. The number of aliphatic hydroxyl groups excluding tert-OH is 1. The zero-order chi connectivity index (χ0) is 10.5. The molecule has 1 aliphatic carbocycles. The first kappa shape index (κ1) is 10.4. The van der Waals surface area contributed by atoms with Crippen LogP contribution in [0.2, 0.25) is 0 Å². The molecule has 1 N–H and O–H groups in total. The molecule has 0 bridgehead atoms. The van der Waals surface area contributed by atoms with Gasteiger partial charge in [-0.3, -0.25) is 0 Å². The van der Waals surface area contributed by atoms with Gasteiger partial charge in [0.05, 0.1) is 6.61 Å². The molecule has 0 radical (unpaired) electrons. The Labute approximate surface area is 90.0 Å². The first-order chi connectivity index (χ1) is 7.42. The maximum Gasteiger partial charge on any atom is 0.225 e. The van der Waals surface area contributed by atoms with E-state index in [4.69, 9.17) is 5.11 Å². The predicted octanol–water partition coefficient (Wildman–Crippen LogP) is 1.22. The van der Waals surface area contributed by atoms with Gasteiger partial charge in [0.15, 0.2) is 0 Å². The minimum atomic E-state index is 0.161. The number of hydrogen-bond donors (Lipinski definition) is 1. The van der Waals surface area contributed by atoms with Gasteiger partial charge in [-0.15, -0.1) is 0 Å². The van der Waals surface area contributed by atoms with Crippen molar-refractivity contribution in [1.29, 1.82) is 0 Å². The van der Waals surface area contributed by atoms with Crippen LogP contribution in [0.3, 0.4) is 0 Å². The van der Waals surface area contributed by atoms with Gasteiger partial charge in [-0.1, -0.05) is 12.8 Å². The minimum Gasteiger partial charge on any atom is -0.395 e. The van der Waals surface area contributed by atoms with Crippen molar-refractivity contribution in [1.82, 2.24) is 9.97 Å². The molecular formula is C11H17N3O. The molecule has 82 valence electrons. The normalized spacial score (nSPS) is 16.9. The first-order valence-electron chi connectivity index (χ1n) is 5.56. The second-order valence-electron chi connectivity index (χ2n) is 3.90. The molecule has 0 unspecified atom stereocenters. The van der Waals surface area contributed by atoms with Gasteiger partial charge < -0.3 is 10.0 Å². The van der Waals surface area contributed by atoms with E-state index in [1.807, 2.05) is 6.07 Å². The second-order valence-corrected chi connectivity index (χ2v) is 3.90. The lowest BCUT2D eigenvalue weighted by Gasteiger charge is -2.27. The summed E-state index contributed by atoms with van der Waals surface area (Å²) in [5, 5.41) is 9.06. The number of aromatic nitrogens is 2. The van der Waals surface area contributed by atoms with Crippen LogP contribution in [0.25, 0.3) is 0 Å². The predicted molar refractivity (Wildman–Crippen MR) is 58.7 cm³/mol. The van der Waals surface area contributed by atoms with Crippen LogP contribution in [0.5, 0.6) is 0 Å². The van der Waals surface area contributed by atoms with Crippen LogP contribution in [-0.4, -0.2) is 34.3 Å². The lowest BCUT2D eigenvalue weighted by molar-refractivity contribution is 0.296. The molecule has 1 aliphatic rings. The average Bonchev–Trinajstić information content (AvgIpc) is 2.80. The van der Waals surface area contributed by atoms with Gasteiger partial charge in [0.2, 0.25) is 5.95 Å². The second kappa shape index (κ2) is 5.07. The van der Waals surface area contributed by atoms with E-state index >= 15 is 0 Å². The van der Waals surface area contributed by atoms with Gasteiger partial charge >= 0.3 is 0 Å². The van der Waals surface area contributed by atoms with E-state index in [0.29, 0.717) is 12.6 Å². The Morgan fingerprint density at radius 2 is 1.93 bits per heavy atom. The lowest BCUT2D eigenvalue weighted by atomic mass is 10.2. The molecule has 1 heterocycles. The first-order valence-corrected chi connectivity index (χ1v) is 5.56. The maximum absolute atomic E-state index is 9.06. The van der Waals surface area contributed by atoms with E-state index in [0.717, 1.165) is 5.95 Å². The van der Waals surface area contributed by atoms with Crippen molar-refractivity contribution < 1.29 is 5.11 Å². The molecule has 0 spiro atoms. The van der Waals surface area contributed by atoms with Crippen molar-refractivity contribution in [2.75, 3.05) is 18.1 Å². The highest BCUT2D eigenvalue weighted by Crippen LogP contribution is 2.25. The molecule has 1 aromatic rings. The molecule has 2 rings (SSSR count). The smallest absolute Gasteiger partial charge is 0.225 e. The quantitative estimate of drug-likeness (QED) is 0.806. The summed E-state index contributed by atoms with van der Waals surface area (Å²) in [5.41, 5.74) is 0. The molecule has 0 atom stereocenters. The summed E-state index contributed by atoms with van der Waals surface area (Å²) in [6, 6.07) is 2.33. The van der Waals surface area contributed by atoms with E-state index in [1.54, 1.807) is 12.4 Å². The van der Waals surface area contributed by atoms with E-state index in [-0.39, 0.29) is 6.61 Å². The van der Waals surface area contributed by atoms with Gasteiger partial charge in [0.1, 0.15) is 0 Å². The van der Waals surface area contributed by atoms with Crippen LogP contribution < -0.4 is 4.90 Å². The van der Waals surface area contributed by atoms with Crippen LogP contribution in [0.4, 0.5) is 5.95 Å². The Bertz CT molecular complexity index is 285. The maximum atomic E-state index is 9.06. The number of nitrogens with zero attached hydrogens (tertiary/aromatic N) is 3. The van der Waals surface area contributed by atoms with Crippen LogP contribution in [0.15, 0.2) is 18.5 Å². The third-order valence-electron chi connectivity index (χ3n) is 2.92.